The maximum absolute atomic E-state index is 12.6. The Kier molecular flexibility index (Phi) is 7.71. The fourth-order valence-corrected chi connectivity index (χ4v) is 2.69. The molecule has 1 atom stereocenters. The van der Waals surface area contributed by atoms with Crippen molar-refractivity contribution in [1.82, 2.24) is 5.32 Å². The van der Waals surface area contributed by atoms with Crippen molar-refractivity contribution < 1.29 is 19.3 Å². The third kappa shape index (κ3) is 6.85. The highest BCUT2D eigenvalue weighted by atomic mass is 16.2. The molecule has 0 aliphatic carbocycles. The van der Waals surface area contributed by atoms with Crippen molar-refractivity contribution in [2.45, 2.75) is 19.9 Å². The van der Waals surface area contributed by atoms with Crippen molar-refractivity contribution in [3.05, 3.63) is 60.2 Å². The van der Waals surface area contributed by atoms with Crippen LogP contribution in [0.5, 0.6) is 0 Å². The minimum absolute atomic E-state index is 0.0594. The molecule has 1 unspecified atom stereocenters. The van der Waals surface area contributed by atoms with Crippen LogP contribution in [0.15, 0.2) is 54.6 Å². The number of quaternary nitrogens is 1. The summed E-state index contributed by atoms with van der Waals surface area (Å²) in [5.41, 5.74) is 1.48. The van der Waals surface area contributed by atoms with Crippen LogP contribution in [0.4, 0.5) is 11.4 Å². The second kappa shape index (κ2) is 10.2. The lowest BCUT2D eigenvalue weighted by molar-refractivity contribution is -0.862. The van der Waals surface area contributed by atoms with E-state index in [0.29, 0.717) is 16.9 Å². The minimum Gasteiger partial charge on any atom is -0.349 e. The minimum atomic E-state index is -0.306. The Morgan fingerprint density at radius 2 is 1.46 bits per heavy atom. The highest BCUT2D eigenvalue weighted by molar-refractivity contribution is 6.10. The number of benzene rings is 2. The summed E-state index contributed by atoms with van der Waals surface area (Å²) in [6.07, 6.45) is 0. The van der Waals surface area contributed by atoms with Crippen molar-refractivity contribution in [3.63, 3.8) is 0 Å². The van der Waals surface area contributed by atoms with Gasteiger partial charge in [-0.1, -0.05) is 30.3 Å². The topological polar surface area (TPSA) is 91.7 Å². The van der Waals surface area contributed by atoms with Crippen LogP contribution < -0.4 is 20.9 Å². The Bertz CT molecular complexity index is 821. The van der Waals surface area contributed by atoms with Gasteiger partial charge in [0.25, 0.3) is 17.7 Å². The molecule has 148 valence electrons. The quantitative estimate of drug-likeness (QED) is 0.546. The molecule has 7 heteroatoms. The van der Waals surface area contributed by atoms with Crippen LogP contribution in [-0.4, -0.2) is 43.9 Å². The van der Waals surface area contributed by atoms with Gasteiger partial charge in [-0.2, -0.15) is 0 Å². The van der Waals surface area contributed by atoms with E-state index >= 15 is 0 Å². The van der Waals surface area contributed by atoms with Gasteiger partial charge in [0.05, 0.1) is 18.3 Å². The van der Waals surface area contributed by atoms with Gasteiger partial charge in [0.15, 0.2) is 13.1 Å². The number of carbonyl (C=O) groups excluding carboxylic acids is 3. The number of para-hydroxylation sites is 2. The summed E-state index contributed by atoms with van der Waals surface area (Å²) in [5, 5.41) is 8.38. The van der Waals surface area contributed by atoms with Crippen LogP contribution in [0.1, 0.15) is 24.2 Å². The Morgan fingerprint density at radius 3 is 2.14 bits per heavy atom. The van der Waals surface area contributed by atoms with Crippen LogP contribution in [0.2, 0.25) is 0 Å². The van der Waals surface area contributed by atoms with E-state index in [4.69, 9.17) is 0 Å². The molecule has 7 nitrogen and oxygen atoms in total. The molecule has 0 spiro atoms. The van der Waals surface area contributed by atoms with E-state index < -0.39 is 0 Å². The van der Waals surface area contributed by atoms with Gasteiger partial charge in [-0.3, -0.25) is 14.4 Å². The highest BCUT2D eigenvalue weighted by Crippen LogP contribution is 2.17. The van der Waals surface area contributed by atoms with Gasteiger partial charge in [-0.05, 0) is 38.1 Å². The molecule has 0 saturated heterocycles. The molecule has 0 fully saturated rings. The lowest BCUT2D eigenvalue weighted by Crippen LogP contribution is -3.11. The SMILES string of the molecule is CC(C)NC(=O)C[NH+](C)CC(=O)Nc1ccccc1C(=O)Nc1ccccc1. The molecule has 0 bridgehead atoms. The van der Waals surface area contributed by atoms with Crippen LogP contribution in [0.3, 0.4) is 0 Å². The van der Waals surface area contributed by atoms with Crippen LogP contribution in [-0.2, 0) is 9.59 Å². The fraction of sp³-hybridized carbons (Fsp3) is 0.286. The maximum atomic E-state index is 12.6. The highest BCUT2D eigenvalue weighted by Gasteiger charge is 2.17. The van der Waals surface area contributed by atoms with E-state index in [9.17, 15) is 14.4 Å². The van der Waals surface area contributed by atoms with Gasteiger partial charge >= 0.3 is 0 Å². The summed E-state index contributed by atoms with van der Waals surface area (Å²) < 4.78 is 0. The molecule has 3 amide bonds. The van der Waals surface area contributed by atoms with Gasteiger partial charge < -0.3 is 20.9 Å². The second-order valence-electron chi connectivity index (χ2n) is 6.95. The first-order valence-corrected chi connectivity index (χ1v) is 9.21. The van der Waals surface area contributed by atoms with Crippen LogP contribution in [0, 0.1) is 0 Å². The van der Waals surface area contributed by atoms with Crippen molar-refractivity contribution in [3.8, 4) is 0 Å². The standard InChI is InChI=1S/C21H26N4O3/c1-15(2)22-19(26)13-25(3)14-20(27)24-18-12-8-7-11-17(18)21(28)23-16-9-5-4-6-10-16/h4-12,15H,13-14H2,1-3H3,(H,22,26)(H,23,28)(H,24,27)/p+1. The summed E-state index contributed by atoms with van der Waals surface area (Å²) in [5.74, 6) is -0.683. The molecular weight excluding hydrogens is 356 g/mol. The van der Waals surface area contributed by atoms with Gasteiger partial charge in [0, 0.05) is 11.7 Å². The van der Waals surface area contributed by atoms with Crippen molar-refractivity contribution in [2.75, 3.05) is 30.8 Å². The number of carbonyl (C=O) groups is 3. The van der Waals surface area contributed by atoms with Gasteiger partial charge in [-0.15, -0.1) is 0 Å². The molecule has 0 heterocycles. The smallest absolute Gasteiger partial charge is 0.279 e. The Labute approximate surface area is 165 Å². The van der Waals surface area contributed by atoms with E-state index in [1.165, 1.54) is 0 Å². The predicted octanol–water partition coefficient (Wildman–Crippen LogP) is 0.917. The first-order chi connectivity index (χ1) is 13.3. The zero-order valence-electron chi connectivity index (χ0n) is 16.4. The van der Waals surface area contributed by atoms with Crippen LogP contribution >= 0.6 is 0 Å². The Morgan fingerprint density at radius 1 is 0.857 bits per heavy atom. The fourth-order valence-electron chi connectivity index (χ4n) is 2.69. The lowest BCUT2D eigenvalue weighted by atomic mass is 10.1. The first kappa shape index (κ1) is 21.1. The third-order valence-corrected chi connectivity index (χ3v) is 3.85. The molecule has 0 saturated carbocycles. The van der Waals surface area contributed by atoms with E-state index in [0.717, 1.165) is 4.90 Å². The number of hydrogen-bond donors (Lipinski definition) is 4. The molecule has 28 heavy (non-hydrogen) atoms. The molecule has 2 rings (SSSR count). The average molecular weight is 383 g/mol. The van der Waals surface area contributed by atoms with E-state index in [1.54, 1.807) is 43.4 Å². The van der Waals surface area contributed by atoms with Crippen molar-refractivity contribution in [2.24, 2.45) is 0 Å². The maximum Gasteiger partial charge on any atom is 0.279 e. The summed E-state index contributed by atoms with van der Waals surface area (Å²) in [6.45, 7) is 4.08. The Hall–Kier alpha value is -3.19. The first-order valence-electron chi connectivity index (χ1n) is 9.21. The zero-order chi connectivity index (χ0) is 20.5. The number of hydrogen-bond acceptors (Lipinski definition) is 3. The van der Waals surface area contributed by atoms with Crippen LogP contribution in [0.25, 0.3) is 0 Å². The summed E-state index contributed by atoms with van der Waals surface area (Å²) in [6, 6.07) is 16.0. The molecule has 2 aromatic carbocycles. The second-order valence-corrected chi connectivity index (χ2v) is 6.95. The molecule has 4 N–H and O–H groups in total. The lowest BCUT2D eigenvalue weighted by Gasteiger charge is -2.16. The van der Waals surface area contributed by atoms with Crippen molar-refractivity contribution >= 4 is 29.1 Å². The number of rotatable bonds is 8. The monoisotopic (exact) mass is 383 g/mol. The largest absolute Gasteiger partial charge is 0.349 e. The summed E-state index contributed by atoms with van der Waals surface area (Å²) in [7, 11) is 1.77. The number of nitrogens with one attached hydrogen (secondary N) is 4. The van der Waals surface area contributed by atoms with Gasteiger partial charge in [0.2, 0.25) is 0 Å². The molecule has 0 radical (unpaired) electrons. The summed E-state index contributed by atoms with van der Waals surface area (Å²) >= 11 is 0. The zero-order valence-corrected chi connectivity index (χ0v) is 16.4. The van der Waals surface area contributed by atoms with Crippen molar-refractivity contribution in [1.29, 1.82) is 0 Å². The van der Waals surface area contributed by atoms with Gasteiger partial charge in [0.1, 0.15) is 0 Å². The Balaban J connectivity index is 1.97. The molecular formula is C21H27N4O3+. The van der Waals surface area contributed by atoms with E-state index in [2.05, 4.69) is 16.0 Å². The number of amides is 3. The molecule has 0 aliphatic rings. The average Bonchev–Trinajstić information content (AvgIpc) is 2.61. The molecule has 2 aromatic rings. The van der Waals surface area contributed by atoms with E-state index in [-0.39, 0.29) is 36.9 Å². The summed E-state index contributed by atoms with van der Waals surface area (Å²) in [4.78, 5) is 37.5. The van der Waals surface area contributed by atoms with E-state index in [1.807, 2.05) is 32.0 Å². The van der Waals surface area contributed by atoms with Gasteiger partial charge in [-0.25, -0.2) is 0 Å². The molecule has 0 aromatic heterocycles. The number of likely N-dealkylation sites (N-methyl/N-ethyl adjacent to an activating group) is 1. The normalized spacial score (nSPS) is 11.6. The molecule has 0 aliphatic heterocycles. The number of anilines is 2. The predicted molar refractivity (Wildman–Crippen MR) is 109 cm³/mol. The third-order valence-electron chi connectivity index (χ3n) is 3.85.